The van der Waals surface area contributed by atoms with Crippen LogP contribution in [0.25, 0.3) is 0 Å². The van der Waals surface area contributed by atoms with Gasteiger partial charge in [0.1, 0.15) is 5.69 Å². The van der Waals surface area contributed by atoms with Gasteiger partial charge < -0.3 is 5.73 Å². The third kappa shape index (κ3) is 1.91. The van der Waals surface area contributed by atoms with E-state index in [0.29, 0.717) is 5.56 Å². The predicted octanol–water partition coefficient (Wildman–Crippen LogP) is 2.32. The van der Waals surface area contributed by atoms with E-state index in [9.17, 15) is 8.78 Å². The lowest BCUT2D eigenvalue weighted by atomic mass is 10.1. The van der Waals surface area contributed by atoms with Gasteiger partial charge in [-0.05, 0) is 0 Å². The fourth-order valence-corrected chi connectivity index (χ4v) is 1.18. The Morgan fingerprint density at radius 1 is 1.64 bits per heavy atom. The van der Waals surface area contributed by atoms with E-state index in [2.05, 4.69) is 4.98 Å². The minimum absolute atomic E-state index is 0.00137. The Morgan fingerprint density at radius 2 is 2.29 bits per heavy atom. The van der Waals surface area contributed by atoms with Gasteiger partial charge >= 0.3 is 0 Å². The van der Waals surface area contributed by atoms with Gasteiger partial charge in [-0.25, -0.2) is 8.78 Å². The summed E-state index contributed by atoms with van der Waals surface area (Å²) in [6.07, 6.45) is -1.62. The van der Waals surface area contributed by atoms with Crippen molar-refractivity contribution >= 4 is 17.3 Å². The van der Waals surface area contributed by atoms with Gasteiger partial charge in [-0.2, -0.15) is 5.26 Å². The van der Waals surface area contributed by atoms with E-state index in [1.165, 1.54) is 0 Å². The molecule has 0 saturated heterocycles. The summed E-state index contributed by atoms with van der Waals surface area (Å²) < 4.78 is 24.5. The van der Waals surface area contributed by atoms with Gasteiger partial charge in [-0.15, -0.1) is 0 Å². The minimum Gasteiger partial charge on any atom is -0.397 e. The number of nitrogens with zero attached hydrogens (tertiary/aromatic N) is 2. The van der Waals surface area contributed by atoms with E-state index in [4.69, 9.17) is 22.6 Å². The van der Waals surface area contributed by atoms with Crippen molar-refractivity contribution in [1.29, 1.82) is 5.26 Å². The molecule has 0 bridgehead atoms. The first-order valence-corrected chi connectivity index (χ1v) is 4.03. The molecule has 0 spiro atoms. The summed E-state index contributed by atoms with van der Waals surface area (Å²) in [5.74, 6) is 0. The third-order valence-corrected chi connectivity index (χ3v) is 2.04. The summed E-state index contributed by atoms with van der Waals surface area (Å²) in [5.41, 5.74) is 5.26. The Morgan fingerprint density at radius 3 is 2.79 bits per heavy atom. The molecule has 3 nitrogen and oxygen atoms in total. The molecular formula is C8H6ClF2N3. The first-order valence-electron chi connectivity index (χ1n) is 3.65. The van der Waals surface area contributed by atoms with Crippen molar-refractivity contribution in [3.63, 3.8) is 0 Å². The molecule has 0 aromatic carbocycles. The molecule has 0 fully saturated rings. The fraction of sp³-hybridized carbons (Fsp3) is 0.250. The normalized spacial score (nSPS) is 10.2. The number of hydrogen-bond donors (Lipinski definition) is 1. The van der Waals surface area contributed by atoms with Gasteiger partial charge in [0.25, 0.3) is 6.43 Å². The lowest BCUT2D eigenvalue weighted by Gasteiger charge is -2.07. The molecule has 0 saturated carbocycles. The Kier molecular flexibility index (Phi) is 3.20. The first kappa shape index (κ1) is 10.7. The van der Waals surface area contributed by atoms with Crippen LogP contribution in [-0.4, -0.2) is 4.98 Å². The van der Waals surface area contributed by atoms with E-state index in [1.807, 2.05) is 6.07 Å². The van der Waals surface area contributed by atoms with Gasteiger partial charge in [-0.3, -0.25) is 4.98 Å². The zero-order valence-corrected chi connectivity index (χ0v) is 7.72. The molecule has 0 radical (unpaired) electrons. The van der Waals surface area contributed by atoms with Crippen LogP contribution in [0.1, 0.15) is 17.7 Å². The molecule has 0 atom stereocenters. The molecular weight excluding hydrogens is 212 g/mol. The molecule has 1 aromatic rings. The predicted molar refractivity (Wildman–Crippen MR) is 47.9 cm³/mol. The summed E-state index contributed by atoms with van der Waals surface area (Å²) in [6, 6.07) is 1.83. The fourth-order valence-electron chi connectivity index (χ4n) is 0.931. The van der Waals surface area contributed by atoms with Crippen molar-refractivity contribution in [2.45, 2.75) is 12.8 Å². The van der Waals surface area contributed by atoms with Gasteiger partial charge in [0.2, 0.25) is 0 Å². The van der Waals surface area contributed by atoms with Crippen molar-refractivity contribution in [2.24, 2.45) is 0 Å². The maximum Gasteiger partial charge on any atom is 0.281 e. The van der Waals surface area contributed by atoms with Crippen LogP contribution in [0, 0.1) is 11.3 Å². The molecule has 6 heteroatoms. The smallest absolute Gasteiger partial charge is 0.281 e. The molecule has 0 aliphatic rings. The summed E-state index contributed by atoms with van der Waals surface area (Å²) in [5, 5.41) is 8.12. The maximum absolute atomic E-state index is 12.3. The molecule has 0 aliphatic carbocycles. The second-order valence-electron chi connectivity index (χ2n) is 2.53. The Labute approximate surface area is 84.1 Å². The molecule has 2 N–H and O–H groups in total. The third-order valence-electron chi connectivity index (χ3n) is 1.64. The minimum atomic E-state index is -2.76. The zero-order chi connectivity index (χ0) is 10.7. The molecule has 1 aromatic heterocycles. The highest BCUT2D eigenvalue weighted by molar-refractivity contribution is 6.33. The summed E-state index contributed by atoms with van der Waals surface area (Å²) >= 11 is 5.55. The lowest BCUT2D eigenvalue weighted by molar-refractivity contribution is 0.146. The van der Waals surface area contributed by atoms with E-state index in [1.54, 1.807) is 0 Å². The first-order chi connectivity index (χ1) is 6.57. The lowest BCUT2D eigenvalue weighted by Crippen LogP contribution is -2.01. The Balaban J connectivity index is 3.20. The summed E-state index contributed by atoms with van der Waals surface area (Å²) in [6.45, 7) is 0. The standard InChI is InChI=1S/C8H6ClF2N3/c9-5-6(13)4(1-2-12)3-14-7(5)8(10)11/h3,8H,1H2,(H2,13,14). The van der Waals surface area contributed by atoms with Gasteiger partial charge in [0, 0.05) is 11.8 Å². The van der Waals surface area contributed by atoms with Crippen LogP contribution in [0.4, 0.5) is 14.5 Å². The van der Waals surface area contributed by atoms with Crippen molar-refractivity contribution < 1.29 is 8.78 Å². The van der Waals surface area contributed by atoms with Crippen LogP contribution >= 0.6 is 11.6 Å². The van der Waals surface area contributed by atoms with Crippen LogP contribution in [0.2, 0.25) is 5.02 Å². The molecule has 1 rings (SSSR count). The number of nitrogens with two attached hydrogens (primary N) is 1. The quantitative estimate of drug-likeness (QED) is 0.827. The average Bonchev–Trinajstić information content (AvgIpc) is 2.13. The van der Waals surface area contributed by atoms with E-state index < -0.39 is 12.1 Å². The number of pyridine rings is 1. The number of nitriles is 1. The molecule has 14 heavy (non-hydrogen) atoms. The Hall–Kier alpha value is -1.41. The second-order valence-corrected chi connectivity index (χ2v) is 2.91. The highest BCUT2D eigenvalue weighted by atomic mass is 35.5. The van der Waals surface area contributed by atoms with Crippen LogP contribution in [-0.2, 0) is 6.42 Å². The number of rotatable bonds is 2. The topological polar surface area (TPSA) is 62.7 Å². The molecule has 74 valence electrons. The van der Waals surface area contributed by atoms with Crippen LogP contribution < -0.4 is 5.73 Å². The Bertz CT molecular complexity index is 387. The van der Waals surface area contributed by atoms with Gasteiger partial charge in [0.05, 0.1) is 23.2 Å². The van der Waals surface area contributed by atoms with E-state index in [0.717, 1.165) is 6.20 Å². The highest BCUT2D eigenvalue weighted by Crippen LogP contribution is 2.31. The van der Waals surface area contributed by atoms with Gasteiger partial charge in [0.15, 0.2) is 0 Å². The van der Waals surface area contributed by atoms with Crippen LogP contribution in [0.15, 0.2) is 6.20 Å². The summed E-state index contributed by atoms with van der Waals surface area (Å²) in [4.78, 5) is 3.44. The zero-order valence-electron chi connectivity index (χ0n) is 6.97. The highest BCUT2D eigenvalue weighted by Gasteiger charge is 2.17. The van der Waals surface area contributed by atoms with Crippen molar-refractivity contribution in [1.82, 2.24) is 4.98 Å². The number of anilines is 1. The number of alkyl halides is 2. The van der Waals surface area contributed by atoms with Gasteiger partial charge in [-0.1, -0.05) is 11.6 Å². The molecule has 0 amide bonds. The van der Waals surface area contributed by atoms with Crippen molar-refractivity contribution in [3.05, 3.63) is 22.5 Å². The second kappa shape index (κ2) is 4.20. The summed E-state index contributed by atoms with van der Waals surface area (Å²) in [7, 11) is 0. The number of aromatic nitrogens is 1. The van der Waals surface area contributed by atoms with Crippen LogP contribution in [0.5, 0.6) is 0 Å². The molecule has 0 unspecified atom stereocenters. The van der Waals surface area contributed by atoms with Crippen molar-refractivity contribution in [3.8, 4) is 6.07 Å². The SMILES string of the molecule is N#CCc1cnc(C(F)F)c(Cl)c1N. The number of halogens is 3. The van der Waals surface area contributed by atoms with E-state index >= 15 is 0 Å². The van der Waals surface area contributed by atoms with Crippen LogP contribution in [0.3, 0.4) is 0 Å². The molecule has 1 heterocycles. The average molecular weight is 218 g/mol. The number of hydrogen-bond acceptors (Lipinski definition) is 3. The number of nitrogen functional groups attached to an aromatic ring is 1. The largest absolute Gasteiger partial charge is 0.397 e. The molecule has 0 aliphatic heterocycles. The monoisotopic (exact) mass is 217 g/mol. The van der Waals surface area contributed by atoms with E-state index in [-0.39, 0.29) is 17.1 Å². The maximum atomic E-state index is 12.3. The van der Waals surface area contributed by atoms with Crippen molar-refractivity contribution in [2.75, 3.05) is 5.73 Å².